The Hall–Kier alpha value is -2.41. The van der Waals surface area contributed by atoms with Gasteiger partial charge in [0.15, 0.2) is 0 Å². The van der Waals surface area contributed by atoms with Crippen LogP contribution in [0.5, 0.6) is 5.88 Å². The molecule has 0 bridgehead atoms. The molecule has 25 heavy (non-hydrogen) atoms. The summed E-state index contributed by atoms with van der Waals surface area (Å²) in [6.07, 6.45) is 2.30. The molecule has 1 atom stereocenters. The second-order valence-corrected chi connectivity index (χ2v) is 6.56. The Labute approximate surface area is 154 Å². The predicted molar refractivity (Wildman–Crippen MR) is 96.3 cm³/mol. The van der Waals surface area contributed by atoms with Crippen LogP contribution in [0.3, 0.4) is 0 Å². The number of benzene rings is 1. The molecule has 0 aliphatic carbocycles. The van der Waals surface area contributed by atoms with E-state index in [0.717, 1.165) is 10.9 Å². The molecule has 130 valence electrons. The van der Waals surface area contributed by atoms with Crippen molar-refractivity contribution in [2.45, 2.75) is 12.5 Å². The molecule has 1 aromatic heterocycles. The van der Waals surface area contributed by atoms with Gasteiger partial charge in [-0.2, -0.15) is 0 Å². The van der Waals surface area contributed by atoms with Crippen molar-refractivity contribution in [3.05, 3.63) is 58.7 Å². The zero-order valence-electron chi connectivity index (χ0n) is 13.5. The zero-order chi connectivity index (χ0) is 17.6. The highest BCUT2D eigenvalue weighted by Crippen LogP contribution is 2.24. The van der Waals surface area contributed by atoms with Crippen LogP contribution in [0.4, 0.5) is 0 Å². The highest BCUT2D eigenvalue weighted by Gasteiger charge is 2.28. The molecule has 1 aliphatic rings. The number of ether oxygens (including phenoxy) is 1. The number of rotatable bonds is 5. The lowest BCUT2D eigenvalue weighted by Gasteiger charge is -2.17. The van der Waals surface area contributed by atoms with E-state index in [1.807, 2.05) is 18.2 Å². The summed E-state index contributed by atoms with van der Waals surface area (Å²) in [7, 11) is 0. The van der Waals surface area contributed by atoms with Gasteiger partial charge in [0.2, 0.25) is 11.8 Å². The van der Waals surface area contributed by atoms with Gasteiger partial charge in [-0.1, -0.05) is 18.2 Å². The Morgan fingerprint density at radius 1 is 1.24 bits per heavy atom. The third-order valence-electron chi connectivity index (χ3n) is 3.94. The fraction of sp³-hybridized carbons (Fsp3) is 0.278. The Morgan fingerprint density at radius 3 is 2.80 bits per heavy atom. The predicted octanol–water partition coefficient (Wildman–Crippen LogP) is 2.25. The number of aromatic nitrogens is 1. The molecule has 1 fully saturated rings. The van der Waals surface area contributed by atoms with Crippen molar-refractivity contribution in [3.8, 4) is 5.88 Å². The van der Waals surface area contributed by atoms with Gasteiger partial charge >= 0.3 is 0 Å². The molecule has 2 amide bonds. The first-order chi connectivity index (χ1) is 12.1. The van der Waals surface area contributed by atoms with Crippen molar-refractivity contribution in [2.24, 2.45) is 0 Å². The minimum atomic E-state index is -0.252. The molecule has 2 aromatic rings. The lowest BCUT2D eigenvalue weighted by Crippen LogP contribution is -2.39. The van der Waals surface area contributed by atoms with Gasteiger partial charge in [-0.3, -0.25) is 9.59 Å². The molecule has 7 heteroatoms. The number of likely N-dealkylation sites (tertiary alicyclic amines) is 1. The normalized spacial score (nSPS) is 16.5. The van der Waals surface area contributed by atoms with Crippen molar-refractivity contribution in [1.82, 2.24) is 15.2 Å². The molecule has 1 saturated heterocycles. The molecule has 1 N–H and O–H groups in total. The summed E-state index contributed by atoms with van der Waals surface area (Å²) in [5.74, 6) is 0.160. The molecular formula is C18H18BrN3O3. The molecule has 0 spiro atoms. The summed E-state index contributed by atoms with van der Waals surface area (Å²) in [6, 6.07) is 12.5. The summed E-state index contributed by atoms with van der Waals surface area (Å²) in [6.45, 7) is 1.08. The fourth-order valence-electron chi connectivity index (χ4n) is 2.63. The summed E-state index contributed by atoms with van der Waals surface area (Å²) in [5.41, 5.74) is 0.540. The van der Waals surface area contributed by atoms with Gasteiger partial charge in [0.1, 0.15) is 6.10 Å². The van der Waals surface area contributed by atoms with Gasteiger partial charge in [0, 0.05) is 24.7 Å². The molecule has 0 saturated carbocycles. The van der Waals surface area contributed by atoms with E-state index in [-0.39, 0.29) is 24.5 Å². The van der Waals surface area contributed by atoms with Crippen LogP contribution in [-0.2, 0) is 4.79 Å². The van der Waals surface area contributed by atoms with Gasteiger partial charge in [-0.25, -0.2) is 4.98 Å². The average molecular weight is 404 g/mol. The van der Waals surface area contributed by atoms with Crippen LogP contribution in [0.15, 0.2) is 53.1 Å². The number of carbonyl (C=O) groups excluding carboxylic acids is 2. The molecule has 1 aliphatic heterocycles. The number of nitrogens with one attached hydrogen (secondary N) is 1. The number of halogens is 1. The lowest BCUT2D eigenvalue weighted by atomic mass is 10.2. The maximum atomic E-state index is 12.3. The second-order valence-electron chi connectivity index (χ2n) is 5.71. The Morgan fingerprint density at radius 2 is 2.04 bits per heavy atom. The van der Waals surface area contributed by atoms with Gasteiger partial charge in [-0.15, -0.1) is 0 Å². The van der Waals surface area contributed by atoms with E-state index in [0.29, 0.717) is 24.5 Å². The highest BCUT2D eigenvalue weighted by atomic mass is 79.9. The number of amides is 2. The molecule has 1 aromatic carbocycles. The van der Waals surface area contributed by atoms with Crippen LogP contribution < -0.4 is 10.1 Å². The van der Waals surface area contributed by atoms with Crippen molar-refractivity contribution in [3.63, 3.8) is 0 Å². The maximum Gasteiger partial charge on any atom is 0.251 e. The van der Waals surface area contributed by atoms with E-state index in [4.69, 9.17) is 4.74 Å². The van der Waals surface area contributed by atoms with E-state index < -0.39 is 0 Å². The second kappa shape index (κ2) is 8.11. The van der Waals surface area contributed by atoms with E-state index in [2.05, 4.69) is 26.2 Å². The highest BCUT2D eigenvalue weighted by molar-refractivity contribution is 9.10. The first kappa shape index (κ1) is 17.4. The molecule has 1 unspecified atom stereocenters. The standard InChI is InChI=1S/C18H18BrN3O3/c19-15-7-4-9-20-18(15)25-14-8-10-22(12-14)16(23)11-21-17(24)13-5-2-1-3-6-13/h1-7,9,14H,8,10-12H2,(H,21,24). The molecular weight excluding hydrogens is 386 g/mol. The third-order valence-corrected chi connectivity index (χ3v) is 4.54. The smallest absolute Gasteiger partial charge is 0.251 e. The fourth-order valence-corrected chi connectivity index (χ4v) is 2.97. The first-order valence-electron chi connectivity index (χ1n) is 8.01. The number of hydrogen-bond acceptors (Lipinski definition) is 4. The van der Waals surface area contributed by atoms with E-state index >= 15 is 0 Å². The molecule has 2 heterocycles. The van der Waals surface area contributed by atoms with E-state index in [9.17, 15) is 9.59 Å². The van der Waals surface area contributed by atoms with E-state index in [1.54, 1.807) is 35.4 Å². The zero-order valence-corrected chi connectivity index (χ0v) is 15.1. The molecule has 0 radical (unpaired) electrons. The van der Waals surface area contributed by atoms with Gasteiger partial charge < -0.3 is 15.0 Å². The largest absolute Gasteiger partial charge is 0.472 e. The Kier molecular flexibility index (Phi) is 5.65. The quantitative estimate of drug-likeness (QED) is 0.830. The van der Waals surface area contributed by atoms with Gasteiger partial charge in [0.05, 0.1) is 17.6 Å². The van der Waals surface area contributed by atoms with Crippen molar-refractivity contribution < 1.29 is 14.3 Å². The monoisotopic (exact) mass is 403 g/mol. The molecule has 6 nitrogen and oxygen atoms in total. The van der Waals surface area contributed by atoms with Crippen LogP contribution in [-0.4, -0.2) is 47.4 Å². The van der Waals surface area contributed by atoms with Crippen molar-refractivity contribution >= 4 is 27.7 Å². The molecule has 3 rings (SSSR count). The topological polar surface area (TPSA) is 71.5 Å². The Balaban J connectivity index is 1.48. The Bertz CT molecular complexity index is 754. The SMILES string of the molecule is O=C(NCC(=O)N1CCC(Oc2ncccc2Br)C1)c1ccccc1. The van der Waals surface area contributed by atoms with Crippen molar-refractivity contribution in [2.75, 3.05) is 19.6 Å². The van der Waals surface area contributed by atoms with Crippen LogP contribution in [0.2, 0.25) is 0 Å². The minimum absolute atomic E-state index is 0.0201. The minimum Gasteiger partial charge on any atom is -0.472 e. The maximum absolute atomic E-state index is 12.3. The van der Waals surface area contributed by atoms with Gasteiger partial charge in [-0.05, 0) is 40.2 Å². The van der Waals surface area contributed by atoms with Crippen molar-refractivity contribution in [1.29, 1.82) is 0 Å². The van der Waals surface area contributed by atoms with Crippen LogP contribution in [0.25, 0.3) is 0 Å². The summed E-state index contributed by atoms with van der Waals surface area (Å²) >= 11 is 3.40. The first-order valence-corrected chi connectivity index (χ1v) is 8.81. The number of hydrogen-bond donors (Lipinski definition) is 1. The summed E-state index contributed by atoms with van der Waals surface area (Å²) in [4.78, 5) is 30.1. The van der Waals surface area contributed by atoms with Crippen LogP contribution in [0.1, 0.15) is 16.8 Å². The third kappa shape index (κ3) is 4.57. The number of pyridine rings is 1. The van der Waals surface area contributed by atoms with Gasteiger partial charge in [0.25, 0.3) is 5.91 Å². The number of nitrogens with zero attached hydrogens (tertiary/aromatic N) is 2. The van der Waals surface area contributed by atoms with E-state index in [1.165, 1.54) is 0 Å². The summed E-state index contributed by atoms with van der Waals surface area (Å²) < 4.78 is 6.63. The lowest BCUT2D eigenvalue weighted by molar-refractivity contribution is -0.129. The van der Waals surface area contributed by atoms with Crippen LogP contribution in [0, 0.1) is 0 Å². The van der Waals surface area contributed by atoms with Crippen LogP contribution >= 0.6 is 15.9 Å². The summed E-state index contributed by atoms with van der Waals surface area (Å²) in [5, 5.41) is 2.66. The number of carbonyl (C=O) groups is 2. The average Bonchev–Trinajstić information content (AvgIpc) is 3.11.